The van der Waals surface area contributed by atoms with Crippen LogP contribution >= 0.6 is 0 Å². The number of ether oxygens (including phenoxy) is 1. The minimum absolute atomic E-state index is 0.373. The molecule has 0 spiro atoms. The first kappa shape index (κ1) is 9.01. The van der Waals surface area contributed by atoms with Crippen LogP contribution in [0.25, 0.3) is 0 Å². The lowest BCUT2D eigenvalue weighted by atomic mass is 10.00. The van der Waals surface area contributed by atoms with Crippen LogP contribution in [0.2, 0.25) is 0 Å². The molecule has 2 heteroatoms. The highest BCUT2D eigenvalue weighted by atomic mass is 16.5. The maximum atomic E-state index is 5.65. The third kappa shape index (κ3) is 3.73. The van der Waals surface area contributed by atoms with Gasteiger partial charge in [-0.3, -0.25) is 0 Å². The van der Waals surface area contributed by atoms with E-state index in [1.165, 1.54) is 19.3 Å². The highest BCUT2D eigenvalue weighted by molar-refractivity contribution is 4.65. The molecule has 1 rings (SSSR count). The largest absolute Gasteiger partial charge is 0.381 e. The lowest BCUT2D eigenvalue weighted by Crippen LogP contribution is -2.14. The normalized spacial score (nSPS) is 27.3. The standard InChI is InChI=1S/C9H19NO/c1-8(10)3-2-4-9-5-6-11-7-9/h8-9H,2-7,10H2,1H3/t8-,9-/m0/s1. The summed E-state index contributed by atoms with van der Waals surface area (Å²) in [4.78, 5) is 0. The molecule has 0 aromatic rings. The second kappa shape index (κ2) is 4.73. The van der Waals surface area contributed by atoms with E-state index >= 15 is 0 Å². The summed E-state index contributed by atoms with van der Waals surface area (Å²) in [5.74, 6) is 0.828. The van der Waals surface area contributed by atoms with Gasteiger partial charge in [-0.2, -0.15) is 0 Å². The van der Waals surface area contributed by atoms with Crippen molar-refractivity contribution < 1.29 is 4.74 Å². The van der Waals surface area contributed by atoms with Gasteiger partial charge in [-0.05, 0) is 32.1 Å². The molecular formula is C9H19NO. The molecule has 66 valence electrons. The van der Waals surface area contributed by atoms with Crippen LogP contribution in [0.3, 0.4) is 0 Å². The summed E-state index contributed by atoms with van der Waals surface area (Å²) in [5.41, 5.74) is 5.65. The molecule has 0 amide bonds. The molecular weight excluding hydrogens is 138 g/mol. The predicted molar refractivity (Wildman–Crippen MR) is 46.4 cm³/mol. The summed E-state index contributed by atoms with van der Waals surface area (Å²) in [6.07, 6.45) is 5.00. The van der Waals surface area contributed by atoms with E-state index in [4.69, 9.17) is 10.5 Å². The van der Waals surface area contributed by atoms with E-state index in [-0.39, 0.29) is 0 Å². The molecule has 1 saturated heterocycles. The zero-order chi connectivity index (χ0) is 8.10. The van der Waals surface area contributed by atoms with Crippen molar-refractivity contribution in [1.82, 2.24) is 0 Å². The fourth-order valence-electron chi connectivity index (χ4n) is 1.54. The highest BCUT2D eigenvalue weighted by Gasteiger charge is 2.14. The molecule has 1 fully saturated rings. The summed E-state index contributed by atoms with van der Waals surface area (Å²) in [7, 11) is 0. The molecule has 0 aromatic carbocycles. The molecule has 0 radical (unpaired) electrons. The fourth-order valence-corrected chi connectivity index (χ4v) is 1.54. The van der Waals surface area contributed by atoms with Gasteiger partial charge in [0, 0.05) is 19.3 Å². The Hall–Kier alpha value is -0.0800. The molecule has 2 nitrogen and oxygen atoms in total. The highest BCUT2D eigenvalue weighted by Crippen LogP contribution is 2.18. The monoisotopic (exact) mass is 157 g/mol. The van der Waals surface area contributed by atoms with Gasteiger partial charge in [-0.25, -0.2) is 0 Å². The number of rotatable bonds is 4. The van der Waals surface area contributed by atoms with Crippen LogP contribution in [0.5, 0.6) is 0 Å². The SMILES string of the molecule is C[C@H](N)CCC[C@H]1CCOC1. The molecule has 0 bridgehead atoms. The lowest BCUT2D eigenvalue weighted by Gasteiger charge is -2.08. The van der Waals surface area contributed by atoms with E-state index in [2.05, 4.69) is 6.92 Å². The Morgan fingerprint density at radius 1 is 1.64 bits per heavy atom. The summed E-state index contributed by atoms with van der Waals surface area (Å²) in [6.45, 7) is 4.03. The summed E-state index contributed by atoms with van der Waals surface area (Å²) < 4.78 is 5.28. The van der Waals surface area contributed by atoms with Crippen LogP contribution in [0, 0.1) is 5.92 Å². The Morgan fingerprint density at radius 2 is 2.45 bits per heavy atom. The second-order valence-electron chi connectivity index (χ2n) is 3.64. The smallest absolute Gasteiger partial charge is 0.0495 e. The quantitative estimate of drug-likeness (QED) is 0.672. The van der Waals surface area contributed by atoms with Gasteiger partial charge in [0.25, 0.3) is 0 Å². The molecule has 0 unspecified atom stereocenters. The zero-order valence-corrected chi connectivity index (χ0v) is 7.38. The van der Waals surface area contributed by atoms with E-state index < -0.39 is 0 Å². The van der Waals surface area contributed by atoms with Crippen LogP contribution in [-0.4, -0.2) is 19.3 Å². The topological polar surface area (TPSA) is 35.2 Å². The second-order valence-corrected chi connectivity index (χ2v) is 3.64. The summed E-state index contributed by atoms with van der Waals surface area (Å²) in [6, 6.07) is 0.373. The van der Waals surface area contributed by atoms with Gasteiger partial charge in [-0.15, -0.1) is 0 Å². The van der Waals surface area contributed by atoms with E-state index in [9.17, 15) is 0 Å². The van der Waals surface area contributed by atoms with Gasteiger partial charge in [-0.1, -0.05) is 6.42 Å². The first-order valence-electron chi connectivity index (χ1n) is 4.62. The van der Waals surface area contributed by atoms with Gasteiger partial charge in [0.1, 0.15) is 0 Å². The van der Waals surface area contributed by atoms with Crippen molar-refractivity contribution in [3.05, 3.63) is 0 Å². The Kier molecular flexibility index (Phi) is 3.87. The molecule has 2 atom stereocenters. The Morgan fingerprint density at radius 3 is 3.00 bits per heavy atom. The Balaban J connectivity index is 1.94. The number of hydrogen-bond acceptors (Lipinski definition) is 2. The fraction of sp³-hybridized carbons (Fsp3) is 1.00. The predicted octanol–water partition coefficient (Wildman–Crippen LogP) is 1.54. The first-order valence-corrected chi connectivity index (χ1v) is 4.62. The van der Waals surface area contributed by atoms with Gasteiger partial charge >= 0.3 is 0 Å². The minimum atomic E-state index is 0.373. The number of hydrogen-bond donors (Lipinski definition) is 1. The van der Waals surface area contributed by atoms with Crippen molar-refractivity contribution in [2.45, 2.75) is 38.6 Å². The zero-order valence-electron chi connectivity index (χ0n) is 7.38. The van der Waals surface area contributed by atoms with Crippen molar-refractivity contribution in [2.24, 2.45) is 11.7 Å². The Labute approximate surface area is 69.1 Å². The number of nitrogens with two attached hydrogens (primary N) is 1. The van der Waals surface area contributed by atoms with E-state index in [1.54, 1.807) is 0 Å². The van der Waals surface area contributed by atoms with Crippen LogP contribution in [0.1, 0.15) is 32.6 Å². The molecule has 0 aromatic heterocycles. The average molecular weight is 157 g/mol. The van der Waals surface area contributed by atoms with Crippen LogP contribution < -0.4 is 5.73 Å². The van der Waals surface area contributed by atoms with E-state index in [1.807, 2.05) is 0 Å². The Bertz CT molecular complexity index is 97.7. The van der Waals surface area contributed by atoms with E-state index in [0.717, 1.165) is 25.6 Å². The third-order valence-corrected chi connectivity index (χ3v) is 2.30. The van der Waals surface area contributed by atoms with Crippen molar-refractivity contribution in [2.75, 3.05) is 13.2 Å². The van der Waals surface area contributed by atoms with Gasteiger partial charge in [0.05, 0.1) is 0 Å². The van der Waals surface area contributed by atoms with Crippen molar-refractivity contribution in [1.29, 1.82) is 0 Å². The molecule has 1 aliphatic heterocycles. The molecule has 2 N–H and O–H groups in total. The maximum absolute atomic E-state index is 5.65. The minimum Gasteiger partial charge on any atom is -0.381 e. The van der Waals surface area contributed by atoms with Crippen LogP contribution in [-0.2, 0) is 4.74 Å². The summed E-state index contributed by atoms with van der Waals surface area (Å²) in [5, 5.41) is 0. The van der Waals surface area contributed by atoms with Gasteiger partial charge in [0.2, 0.25) is 0 Å². The summed E-state index contributed by atoms with van der Waals surface area (Å²) >= 11 is 0. The molecule has 0 saturated carbocycles. The van der Waals surface area contributed by atoms with Crippen molar-refractivity contribution in [3.63, 3.8) is 0 Å². The van der Waals surface area contributed by atoms with Crippen LogP contribution in [0.15, 0.2) is 0 Å². The maximum Gasteiger partial charge on any atom is 0.0495 e. The van der Waals surface area contributed by atoms with Crippen molar-refractivity contribution >= 4 is 0 Å². The third-order valence-electron chi connectivity index (χ3n) is 2.30. The van der Waals surface area contributed by atoms with Gasteiger partial charge in [0.15, 0.2) is 0 Å². The van der Waals surface area contributed by atoms with Crippen molar-refractivity contribution in [3.8, 4) is 0 Å². The first-order chi connectivity index (χ1) is 5.29. The van der Waals surface area contributed by atoms with Gasteiger partial charge < -0.3 is 10.5 Å². The average Bonchev–Trinajstić information content (AvgIpc) is 2.39. The lowest BCUT2D eigenvalue weighted by molar-refractivity contribution is 0.183. The molecule has 1 heterocycles. The molecule has 0 aliphatic carbocycles. The molecule has 11 heavy (non-hydrogen) atoms. The van der Waals surface area contributed by atoms with Crippen LogP contribution in [0.4, 0.5) is 0 Å². The molecule has 1 aliphatic rings. The van der Waals surface area contributed by atoms with E-state index in [0.29, 0.717) is 6.04 Å².